The second kappa shape index (κ2) is 9.12. The Hall–Kier alpha value is -2.96. The summed E-state index contributed by atoms with van der Waals surface area (Å²) in [5.41, 5.74) is 1.63. The zero-order valence-electron chi connectivity index (χ0n) is 15.1. The third-order valence-electron chi connectivity index (χ3n) is 4.56. The van der Waals surface area contributed by atoms with E-state index in [-0.39, 0.29) is 17.6 Å². The van der Waals surface area contributed by atoms with E-state index in [4.69, 9.17) is 0 Å². The number of rotatable bonds is 6. The van der Waals surface area contributed by atoms with E-state index in [9.17, 15) is 14.0 Å². The van der Waals surface area contributed by atoms with Crippen LogP contribution in [0.4, 0.5) is 15.8 Å². The van der Waals surface area contributed by atoms with E-state index in [1.165, 1.54) is 12.1 Å². The van der Waals surface area contributed by atoms with Crippen LogP contribution in [0.3, 0.4) is 0 Å². The lowest BCUT2D eigenvalue weighted by Gasteiger charge is -2.36. The summed E-state index contributed by atoms with van der Waals surface area (Å²) in [6, 6.07) is 9.94. The van der Waals surface area contributed by atoms with Crippen LogP contribution in [0.25, 0.3) is 0 Å². The minimum atomic E-state index is -0.250. The molecule has 1 aromatic carbocycles. The van der Waals surface area contributed by atoms with Crippen LogP contribution in [-0.2, 0) is 9.59 Å². The molecule has 1 aromatic heterocycles. The molecular weight excluding hydrogens is 347 g/mol. The van der Waals surface area contributed by atoms with Gasteiger partial charge in [0.15, 0.2) is 0 Å². The lowest BCUT2D eigenvalue weighted by atomic mass is 10.2. The molecule has 0 spiro atoms. The SMILES string of the molecule is O=C(CCCC(=O)N1CCN(c2ccc(F)cc2)CC1)Nc1cccnc1. The van der Waals surface area contributed by atoms with Crippen molar-refractivity contribution in [2.24, 2.45) is 0 Å². The maximum absolute atomic E-state index is 13.0. The number of amides is 2. The van der Waals surface area contributed by atoms with E-state index in [1.54, 1.807) is 36.7 Å². The molecule has 1 aliphatic heterocycles. The fraction of sp³-hybridized carbons (Fsp3) is 0.350. The highest BCUT2D eigenvalue weighted by atomic mass is 19.1. The summed E-state index contributed by atoms with van der Waals surface area (Å²) < 4.78 is 13.0. The van der Waals surface area contributed by atoms with E-state index < -0.39 is 0 Å². The van der Waals surface area contributed by atoms with Crippen molar-refractivity contribution in [2.75, 3.05) is 36.4 Å². The zero-order valence-corrected chi connectivity index (χ0v) is 15.1. The Morgan fingerprint density at radius 2 is 1.78 bits per heavy atom. The summed E-state index contributed by atoms with van der Waals surface area (Å²) in [6.07, 6.45) is 4.41. The number of carbonyl (C=O) groups excluding carboxylic acids is 2. The Balaban J connectivity index is 1.37. The number of halogens is 1. The predicted octanol–water partition coefficient (Wildman–Crippen LogP) is 2.68. The highest BCUT2D eigenvalue weighted by Gasteiger charge is 2.21. The molecule has 0 aliphatic carbocycles. The molecule has 0 saturated carbocycles. The minimum Gasteiger partial charge on any atom is -0.368 e. The first-order valence-corrected chi connectivity index (χ1v) is 9.10. The summed E-state index contributed by atoms with van der Waals surface area (Å²) in [4.78, 5) is 32.2. The number of nitrogens with zero attached hydrogens (tertiary/aromatic N) is 3. The largest absolute Gasteiger partial charge is 0.368 e. The Labute approximate surface area is 158 Å². The number of piperazine rings is 1. The van der Waals surface area contributed by atoms with Gasteiger partial charge in [-0.25, -0.2) is 4.39 Å². The zero-order chi connectivity index (χ0) is 19.1. The fourth-order valence-corrected chi connectivity index (χ4v) is 3.08. The second-order valence-electron chi connectivity index (χ2n) is 6.49. The summed E-state index contributed by atoms with van der Waals surface area (Å²) >= 11 is 0. The van der Waals surface area contributed by atoms with Crippen LogP contribution in [0, 0.1) is 5.82 Å². The first kappa shape index (κ1) is 18.8. The van der Waals surface area contributed by atoms with Crippen LogP contribution < -0.4 is 10.2 Å². The molecule has 1 saturated heterocycles. The number of anilines is 2. The van der Waals surface area contributed by atoms with Gasteiger partial charge in [0, 0.05) is 50.9 Å². The average molecular weight is 370 g/mol. The molecule has 2 aromatic rings. The Morgan fingerprint density at radius 3 is 2.44 bits per heavy atom. The van der Waals surface area contributed by atoms with E-state index in [0.717, 1.165) is 18.8 Å². The standard InChI is InChI=1S/C20H23FN4O2/c21-16-6-8-18(9-7-16)24-11-13-25(14-12-24)20(27)5-1-4-19(26)23-17-3-2-10-22-15-17/h2-3,6-10,15H,1,4-5,11-14H2,(H,23,26). The number of carbonyl (C=O) groups is 2. The Bertz CT molecular complexity index is 759. The van der Waals surface area contributed by atoms with Crippen molar-refractivity contribution in [2.45, 2.75) is 19.3 Å². The van der Waals surface area contributed by atoms with Crippen molar-refractivity contribution < 1.29 is 14.0 Å². The van der Waals surface area contributed by atoms with Gasteiger partial charge in [0.25, 0.3) is 0 Å². The summed E-state index contributed by atoms with van der Waals surface area (Å²) in [6.45, 7) is 2.72. The number of hydrogen-bond donors (Lipinski definition) is 1. The van der Waals surface area contributed by atoms with E-state index in [2.05, 4.69) is 15.2 Å². The molecule has 142 valence electrons. The number of hydrogen-bond acceptors (Lipinski definition) is 4. The molecule has 0 radical (unpaired) electrons. The number of aromatic nitrogens is 1. The predicted molar refractivity (Wildman–Crippen MR) is 102 cm³/mol. The number of nitrogens with one attached hydrogen (secondary N) is 1. The summed E-state index contributed by atoms with van der Waals surface area (Å²) in [7, 11) is 0. The molecule has 7 heteroatoms. The first-order chi connectivity index (χ1) is 13.1. The van der Waals surface area contributed by atoms with Crippen molar-refractivity contribution in [3.05, 3.63) is 54.6 Å². The van der Waals surface area contributed by atoms with E-state index in [0.29, 0.717) is 38.0 Å². The van der Waals surface area contributed by atoms with Crippen molar-refractivity contribution >= 4 is 23.2 Å². The molecule has 1 fully saturated rings. The Morgan fingerprint density at radius 1 is 1.04 bits per heavy atom. The van der Waals surface area contributed by atoms with Crippen LogP contribution in [0.5, 0.6) is 0 Å². The maximum atomic E-state index is 13.0. The van der Waals surface area contributed by atoms with Gasteiger partial charge in [-0.05, 0) is 42.8 Å². The topological polar surface area (TPSA) is 65.5 Å². The smallest absolute Gasteiger partial charge is 0.224 e. The van der Waals surface area contributed by atoms with Crippen molar-refractivity contribution in [3.63, 3.8) is 0 Å². The molecule has 1 aliphatic rings. The molecule has 3 rings (SSSR count). The van der Waals surface area contributed by atoms with Gasteiger partial charge in [0.1, 0.15) is 5.82 Å². The molecule has 6 nitrogen and oxygen atoms in total. The van der Waals surface area contributed by atoms with Crippen molar-refractivity contribution in [3.8, 4) is 0 Å². The van der Waals surface area contributed by atoms with Gasteiger partial charge in [-0.15, -0.1) is 0 Å². The molecule has 0 bridgehead atoms. The average Bonchev–Trinajstić information content (AvgIpc) is 2.69. The third kappa shape index (κ3) is 5.51. The maximum Gasteiger partial charge on any atom is 0.224 e. The molecule has 0 atom stereocenters. The van der Waals surface area contributed by atoms with E-state index in [1.807, 2.05) is 4.90 Å². The van der Waals surface area contributed by atoms with E-state index >= 15 is 0 Å². The van der Waals surface area contributed by atoms with Gasteiger partial charge in [0.05, 0.1) is 11.9 Å². The highest BCUT2D eigenvalue weighted by molar-refractivity contribution is 5.90. The van der Waals surface area contributed by atoms with Gasteiger partial charge in [-0.1, -0.05) is 0 Å². The lowest BCUT2D eigenvalue weighted by Crippen LogP contribution is -2.48. The van der Waals surface area contributed by atoms with Gasteiger partial charge in [-0.2, -0.15) is 0 Å². The quantitative estimate of drug-likeness (QED) is 0.849. The van der Waals surface area contributed by atoms with Crippen LogP contribution >= 0.6 is 0 Å². The molecule has 2 amide bonds. The van der Waals surface area contributed by atoms with Crippen molar-refractivity contribution in [1.29, 1.82) is 0 Å². The molecule has 1 N–H and O–H groups in total. The van der Waals surface area contributed by atoms with Crippen LogP contribution in [0.2, 0.25) is 0 Å². The highest BCUT2D eigenvalue weighted by Crippen LogP contribution is 2.17. The third-order valence-corrected chi connectivity index (χ3v) is 4.56. The normalized spacial score (nSPS) is 14.1. The lowest BCUT2D eigenvalue weighted by molar-refractivity contribution is -0.131. The van der Waals surface area contributed by atoms with Gasteiger partial charge in [-0.3, -0.25) is 14.6 Å². The van der Waals surface area contributed by atoms with Gasteiger partial charge in [0.2, 0.25) is 11.8 Å². The molecule has 0 unspecified atom stereocenters. The van der Waals surface area contributed by atoms with Gasteiger partial charge < -0.3 is 15.1 Å². The second-order valence-corrected chi connectivity index (χ2v) is 6.49. The van der Waals surface area contributed by atoms with Crippen LogP contribution in [0.1, 0.15) is 19.3 Å². The van der Waals surface area contributed by atoms with Crippen molar-refractivity contribution in [1.82, 2.24) is 9.88 Å². The summed E-state index contributed by atoms with van der Waals surface area (Å²) in [5, 5.41) is 2.76. The monoisotopic (exact) mass is 370 g/mol. The van der Waals surface area contributed by atoms with Gasteiger partial charge >= 0.3 is 0 Å². The molecule has 2 heterocycles. The fourth-order valence-electron chi connectivity index (χ4n) is 3.08. The van der Waals surface area contributed by atoms with Crippen LogP contribution in [-0.4, -0.2) is 47.9 Å². The minimum absolute atomic E-state index is 0.0722. The van der Waals surface area contributed by atoms with Crippen LogP contribution in [0.15, 0.2) is 48.8 Å². The summed E-state index contributed by atoms with van der Waals surface area (Å²) in [5.74, 6) is -0.292. The first-order valence-electron chi connectivity index (χ1n) is 9.10. The number of pyridine rings is 1. The molecular formula is C20H23FN4O2. The Kier molecular flexibility index (Phi) is 6.35. The number of benzene rings is 1. The molecule has 27 heavy (non-hydrogen) atoms.